The van der Waals surface area contributed by atoms with Gasteiger partial charge in [-0.05, 0) is 42.0 Å². The van der Waals surface area contributed by atoms with Crippen molar-refractivity contribution in [3.63, 3.8) is 0 Å². The van der Waals surface area contributed by atoms with Gasteiger partial charge in [-0.15, -0.1) is 11.8 Å². The molecule has 3 rings (SSSR count). The predicted molar refractivity (Wildman–Crippen MR) is 119 cm³/mol. The number of morpholine rings is 1. The van der Waals surface area contributed by atoms with Crippen LogP contribution in [0.4, 0.5) is 5.69 Å². The van der Waals surface area contributed by atoms with Gasteiger partial charge in [0.1, 0.15) is 0 Å². The molecule has 0 atom stereocenters. The van der Waals surface area contributed by atoms with Crippen LogP contribution in [-0.2, 0) is 30.9 Å². The van der Waals surface area contributed by atoms with E-state index in [1.165, 1.54) is 23.0 Å². The van der Waals surface area contributed by atoms with Gasteiger partial charge in [0.2, 0.25) is 21.8 Å². The van der Waals surface area contributed by atoms with Crippen LogP contribution < -0.4 is 10.6 Å². The summed E-state index contributed by atoms with van der Waals surface area (Å²) in [5, 5.41) is 5.53. The molecule has 1 fully saturated rings. The Morgan fingerprint density at radius 2 is 1.68 bits per heavy atom. The number of nitrogens with one attached hydrogen (secondary N) is 2. The normalized spacial score (nSPS) is 14.7. The molecule has 0 bridgehead atoms. The number of ether oxygens (including phenoxy) is 1. The third-order valence-corrected chi connectivity index (χ3v) is 7.49. The van der Waals surface area contributed by atoms with Gasteiger partial charge in [0, 0.05) is 37.1 Å². The van der Waals surface area contributed by atoms with Crippen LogP contribution in [0.1, 0.15) is 12.5 Å². The van der Waals surface area contributed by atoms with Crippen LogP contribution in [-0.4, -0.2) is 56.6 Å². The second-order valence-electron chi connectivity index (χ2n) is 6.93. The highest BCUT2D eigenvalue weighted by atomic mass is 32.2. The van der Waals surface area contributed by atoms with E-state index < -0.39 is 10.0 Å². The lowest BCUT2D eigenvalue weighted by molar-refractivity contribution is -0.118. The Labute approximate surface area is 186 Å². The average Bonchev–Trinajstić information content (AvgIpc) is 2.78. The minimum Gasteiger partial charge on any atom is -0.379 e. The molecule has 2 amide bonds. The summed E-state index contributed by atoms with van der Waals surface area (Å²) in [5.41, 5.74) is 1.53. The fourth-order valence-electron chi connectivity index (χ4n) is 2.95. The number of nitrogens with zero attached hydrogens (tertiary/aromatic N) is 1. The topological polar surface area (TPSA) is 105 Å². The zero-order valence-corrected chi connectivity index (χ0v) is 18.8. The smallest absolute Gasteiger partial charge is 0.243 e. The first-order valence-electron chi connectivity index (χ1n) is 9.78. The van der Waals surface area contributed by atoms with Crippen LogP contribution in [0.5, 0.6) is 0 Å². The quantitative estimate of drug-likeness (QED) is 0.581. The van der Waals surface area contributed by atoms with E-state index in [-0.39, 0.29) is 22.5 Å². The third kappa shape index (κ3) is 6.79. The highest BCUT2D eigenvalue weighted by Crippen LogP contribution is 2.20. The minimum atomic E-state index is -3.52. The summed E-state index contributed by atoms with van der Waals surface area (Å²) in [6.07, 6.45) is 0. The van der Waals surface area contributed by atoms with Crippen LogP contribution in [0, 0.1) is 0 Å². The highest BCUT2D eigenvalue weighted by molar-refractivity contribution is 8.00. The van der Waals surface area contributed by atoms with Crippen molar-refractivity contribution in [2.75, 3.05) is 37.4 Å². The van der Waals surface area contributed by atoms with E-state index in [4.69, 9.17) is 4.74 Å². The van der Waals surface area contributed by atoms with Gasteiger partial charge in [0.25, 0.3) is 0 Å². The van der Waals surface area contributed by atoms with Crippen molar-refractivity contribution in [2.24, 2.45) is 0 Å². The highest BCUT2D eigenvalue weighted by Gasteiger charge is 2.26. The molecule has 0 spiro atoms. The number of anilines is 1. The number of rotatable bonds is 8. The van der Waals surface area contributed by atoms with Crippen molar-refractivity contribution in [3.05, 3.63) is 54.1 Å². The van der Waals surface area contributed by atoms with Crippen LogP contribution in [0.2, 0.25) is 0 Å². The number of benzene rings is 2. The molecule has 8 nitrogen and oxygen atoms in total. The maximum absolute atomic E-state index is 12.6. The molecule has 2 aromatic rings. The molecule has 0 saturated carbocycles. The number of hydrogen-bond acceptors (Lipinski definition) is 6. The van der Waals surface area contributed by atoms with Gasteiger partial charge in [0.15, 0.2) is 0 Å². The molecule has 0 unspecified atom stereocenters. The molecule has 1 aliphatic rings. The summed E-state index contributed by atoms with van der Waals surface area (Å²) in [6, 6.07) is 13.8. The summed E-state index contributed by atoms with van der Waals surface area (Å²) in [4.78, 5) is 24.3. The van der Waals surface area contributed by atoms with Crippen molar-refractivity contribution in [3.8, 4) is 0 Å². The molecule has 1 aliphatic heterocycles. The lowest BCUT2D eigenvalue weighted by Crippen LogP contribution is -2.40. The predicted octanol–water partition coefficient (Wildman–Crippen LogP) is 2.07. The van der Waals surface area contributed by atoms with Crippen molar-refractivity contribution >= 4 is 39.3 Å². The van der Waals surface area contributed by atoms with E-state index in [1.54, 1.807) is 36.4 Å². The van der Waals surface area contributed by atoms with Gasteiger partial charge < -0.3 is 15.4 Å². The van der Waals surface area contributed by atoms with E-state index in [2.05, 4.69) is 10.6 Å². The van der Waals surface area contributed by atoms with E-state index in [0.29, 0.717) is 38.5 Å². The fraction of sp³-hybridized carbons (Fsp3) is 0.333. The molecule has 166 valence electrons. The summed E-state index contributed by atoms with van der Waals surface area (Å²) in [6.45, 7) is 3.28. The van der Waals surface area contributed by atoms with Crippen molar-refractivity contribution in [2.45, 2.75) is 23.3 Å². The molecular formula is C21H25N3O5S2. The zero-order chi connectivity index (χ0) is 22.3. The van der Waals surface area contributed by atoms with E-state index >= 15 is 0 Å². The molecule has 0 aliphatic carbocycles. The summed E-state index contributed by atoms with van der Waals surface area (Å²) in [5.74, 6) is -0.00403. The average molecular weight is 464 g/mol. The van der Waals surface area contributed by atoms with Crippen LogP contribution in [0.25, 0.3) is 0 Å². The lowest BCUT2D eigenvalue weighted by Gasteiger charge is -2.26. The molecule has 0 radical (unpaired) electrons. The van der Waals surface area contributed by atoms with Crippen LogP contribution in [0.15, 0.2) is 58.3 Å². The summed E-state index contributed by atoms with van der Waals surface area (Å²) in [7, 11) is -3.52. The Kier molecular flexibility index (Phi) is 8.08. The standard InChI is InChI=1S/C21H25N3O5S2/c1-16(25)23-18-4-6-19(7-5-18)30-15-21(26)22-14-17-2-8-20(9-3-17)31(27,28)24-10-12-29-13-11-24/h2-9H,10-15H2,1H3,(H,22,26)(H,23,25). The van der Waals surface area contributed by atoms with E-state index in [0.717, 1.165) is 10.5 Å². The lowest BCUT2D eigenvalue weighted by atomic mass is 10.2. The minimum absolute atomic E-state index is 0.124. The van der Waals surface area contributed by atoms with Crippen LogP contribution >= 0.6 is 11.8 Å². The van der Waals surface area contributed by atoms with E-state index in [1.807, 2.05) is 12.1 Å². The van der Waals surface area contributed by atoms with E-state index in [9.17, 15) is 18.0 Å². The number of carbonyl (C=O) groups is 2. The molecule has 31 heavy (non-hydrogen) atoms. The first kappa shape index (κ1) is 23.3. The van der Waals surface area contributed by atoms with Gasteiger partial charge in [-0.3, -0.25) is 9.59 Å². The van der Waals surface area contributed by atoms with Crippen molar-refractivity contribution in [1.29, 1.82) is 0 Å². The maximum Gasteiger partial charge on any atom is 0.243 e. The Morgan fingerprint density at radius 1 is 1.03 bits per heavy atom. The first-order chi connectivity index (χ1) is 14.8. The molecule has 2 aromatic carbocycles. The van der Waals surface area contributed by atoms with Crippen molar-refractivity contribution in [1.82, 2.24) is 9.62 Å². The molecule has 2 N–H and O–H groups in total. The number of carbonyl (C=O) groups excluding carboxylic acids is 2. The number of thioether (sulfide) groups is 1. The first-order valence-corrected chi connectivity index (χ1v) is 12.2. The van der Waals surface area contributed by atoms with Gasteiger partial charge in [-0.2, -0.15) is 4.31 Å². The van der Waals surface area contributed by atoms with Gasteiger partial charge in [-0.25, -0.2) is 8.42 Å². The number of sulfonamides is 1. The monoisotopic (exact) mass is 463 g/mol. The summed E-state index contributed by atoms with van der Waals surface area (Å²) >= 11 is 1.39. The molecule has 0 aromatic heterocycles. The second-order valence-corrected chi connectivity index (χ2v) is 9.92. The number of amides is 2. The van der Waals surface area contributed by atoms with Gasteiger partial charge in [-0.1, -0.05) is 12.1 Å². The Balaban J connectivity index is 1.46. The Hall–Kier alpha value is -2.40. The Bertz CT molecular complexity index is 1000. The molecular weight excluding hydrogens is 438 g/mol. The molecule has 1 saturated heterocycles. The SMILES string of the molecule is CC(=O)Nc1ccc(SCC(=O)NCc2ccc(S(=O)(=O)N3CCOCC3)cc2)cc1. The molecule has 1 heterocycles. The van der Waals surface area contributed by atoms with Crippen molar-refractivity contribution < 1.29 is 22.7 Å². The summed E-state index contributed by atoms with van der Waals surface area (Å²) < 4.78 is 31.9. The number of hydrogen-bond donors (Lipinski definition) is 2. The molecule has 10 heteroatoms. The van der Waals surface area contributed by atoms with Gasteiger partial charge >= 0.3 is 0 Å². The third-order valence-electron chi connectivity index (χ3n) is 4.57. The van der Waals surface area contributed by atoms with Crippen LogP contribution in [0.3, 0.4) is 0 Å². The van der Waals surface area contributed by atoms with Gasteiger partial charge in [0.05, 0.1) is 23.9 Å². The fourth-order valence-corrected chi connectivity index (χ4v) is 5.09. The largest absolute Gasteiger partial charge is 0.379 e. The second kappa shape index (κ2) is 10.8. The maximum atomic E-state index is 12.6. The zero-order valence-electron chi connectivity index (χ0n) is 17.2. The Morgan fingerprint density at radius 3 is 2.29 bits per heavy atom.